The predicted molar refractivity (Wildman–Crippen MR) is 143 cm³/mol. The van der Waals surface area contributed by atoms with Crippen molar-refractivity contribution in [1.29, 1.82) is 0 Å². The lowest BCUT2D eigenvalue weighted by atomic mass is 10.1. The number of thiazole rings is 2. The fourth-order valence-corrected chi connectivity index (χ4v) is 5.11. The monoisotopic (exact) mass is 499 g/mol. The summed E-state index contributed by atoms with van der Waals surface area (Å²) >= 11 is 2.92. The van der Waals surface area contributed by atoms with E-state index >= 15 is 0 Å². The van der Waals surface area contributed by atoms with E-state index in [1.54, 1.807) is 12.1 Å². The van der Waals surface area contributed by atoms with E-state index in [0.29, 0.717) is 22.2 Å². The standard InChI is InChI=1S/C26H21N5O2S2/c27-23-22(35-26(31-23)28-16-33-20-12-5-2-6-13-20)25-30-21(15-34-25)18-10-7-11-19(14-18)29-24(32)17-8-3-1-4-9-17/h1-15H,16,27H2,(H,28,31)(H,29,32). The molecule has 35 heavy (non-hydrogen) atoms. The van der Waals surface area contributed by atoms with E-state index in [9.17, 15) is 4.79 Å². The molecule has 0 aliphatic rings. The van der Waals surface area contributed by atoms with Gasteiger partial charge in [0.15, 0.2) is 11.9 Å². The molecule has 0 aliphatic heterocycles. The molecule has 0 atom stereocenters. The van der Waals surface area contributed by atoms with E-state index in [0.717, 1.165) is 26.9 Å². The molecule has 0 unspecified atom stereocenters. The van der Waals surface area contributed by atoms with Crippen LogP contribution >= 0.6 is 22.7 Å². The number of nitrogens with one attached hydrogen (secondary N) is 2. The summed E-state index contributed by atoms with van der Waals surface area (Å²) in [6.07, 6.45) is 0. The van der Waals surface area contributed by atoms with Crippen molar-refractivity contribution in [1.82, 2.24) is 9.97 Å². The van der Waals surface area contributed by atoms with E-state index in [1.165, 1.54) is 22.7 Å². The maximum Gasteiger partial charge on any atom is 0.255 e. The molecular formula is C26H21N5O2S2. The molecule has 4 N–H and O–H groups in total. The Morgan fingerprint density at radius 2 is 1.71 bits per heavy atom. The molecule has 1 amide bonds. The van der Waals surface area contributed by atoms with Gasteiger partial charge in [0.1, 0.15) is 21.5 Å². The molecule has 0 bridgehead atoms. The van der Waals surface area contributed by atoms with Crippen LogP contribution in [0, 0.1) is 0 Å². The molecule has 0 aliphatic carbocycles. The number of carbonyl (C=O) groups excluding carboxylic acids is 1. The Balaban J connectivity index is 1.27. The van der Waals surface area contributed by atoms with Crippen molar-refractivity contribution >= 4 is 45.2 Å². The minimum Gasteiger partial charge on any atom is -0.473 e. The number of hydrogen-bond donors (Lipinski definition) is 3. The van der Waals surface area contributed by atoms with Gasteiger partial charge in [-0.3, -0.25) is 4.79 Å². The first-order valence-electron chi connectivity index (χ1n) is 10.8. The van der Waals surface area contributed by atoms with Crippen LogP contribution in [0.3, 0.4) is 0 Å². The second kappa shape index (κ2) is 10.4. The Labute approximate surface area is 210 Å². The number of anilines is 3. The number of carbonyl (C=O) groups is 1. The Kier molecular flexibility index (Phi) is 6.69. The van der Waals surface area contributed by atoms with E-state index in [2.05, 4.69) is 15.6 Å². The van der Waals surface area contributed by atoms with Gasteiger partial charge >= 0.3 is 0 Å². The van der Waals surface area contributed by atoms with Gasteiger partial charge in [0.2, 0.25) is 0 Å². The summed E-state index contributed by atoms with van der Waals surface area (Å²) < 4.78 is 5.67. The van der Waals surface area contributed by atoms with Crippen molar-refractivity contribution in [2.45, 2.75) is 0 Å². The molecule has 9 heteroatoms. The van der Waals surface area contributed by atoms with Gasteiger partial charge in [0, 0.05) is 22.2 Å². The number of aromatic nitrogens is 2. The predicted octanol–water partition coefficient (Wildman–Crippen LogP) is 6.22. The van der Waals surface area contributed by atoms with Gasteiger partial charge in [-0.25, -0.2) is 9.97 Å². The lowest BCUT2D eigenvalue weighted by molar-refractivity contribution is 0.102. The number of rotatable bonds is 8. The fraction of sp³-hybridized carbons (Fsp3) is 0.0385. The number of amides is 1. The average Bonchev–Trinajstić information content (AvgIpc) is 3.52. The third kappa shape index (κ3) is 5.48. The summed E-state index contributed by atoms with van der Waals surface area (Å²) in [5.74, 6) is 1.04. The lowest BCUT2D eigenvalue weighted by Gasteiger charge is -2.06. The van der Waals surface area contributed by atoms with Crippen molar-refractivity contribution in [3.05, 3.63) is 95.9 Å². The van der Waals surface area contributed by atoms with Crippen LogP contribution in [-0.2, 0) is 0 Å². The number of nitrogens with zero attached hydrogens (tertiary/aromatic N) is 2. The van der Waals surface area contributed by atoms with Crippen LogP contribution in [0.5, 0.6) is 5.75 Å². The largest absolute Gasteiger partial charge is 0.473 e. The van der Waals surface area contributed by atoms with Crippen LogP contribution in [0.15, 0.2) is 90.3 Å². The fourth-order valence-electron chi connectivity index (χ4n) is 3.32. The quantitative estimate of drug-likeness (QED) is 0.219. The van der Waals surface area contributed by atoms with Crippen LogP contribution < -0.4 is 21.1 Å². The van der Waals surface area contributed by atoms with E-state index in [-0.39, 0.29) is 12.6 Å². The maximum atomic E-state index is 12.5. The third-order valence-corrected chi connectivity index (χ3v) is 7.03. The summed E-state index contributed by atoms with van der Waals surface area (Å²) in [6, 6.07) is 26.3. The number of para-hydroxylation sites is 1. The smallest absolute Gasteiger partial charge is 0.255 e. The van der Waals surface area contributed by atoms with Crippen LogP contribution in [0.25, 0.3) is 21.1 Å². The highest BCUT2D eigenvalue weighted by Crippen LogP contribution is 2.38. The van der Waals surface area contributed by atoms with Crippen molar-refractivity contribution in [2.75, 3.05) is 23.1 Å². The van der Waals surface area contributed by atoms with Crippen molar-refractivity contribution < 1.29 is 9.53 Å². The van der Waals surface area contributed by atoms with Gasteiger partial charge in [-0.2, -0.15) is 0 Å². The first-order valence-corrected chi connectivity index (χ1v) is 12.5. The topological polar surface area (TPSA) is 102 Å². The number of ether oxygens (including phenoxy) is 1. The normalized spacial score (nSPS) is 10.6. The molecule has 2 heterocycles. The molecule has 5 rings (SSSR count). The molecule has 2 aromatic heterocycles. The summed E-state index contributed by atoms with van der Waals surface area (Å²) in [6.45, 7) is 0.279. The molecule has 0 spiro atoms. The van der Waals surface area contributed by atoms with Gasteiger partial charge in [0.25, 0.3) is 5.91 Å². The molecule has 174 valence electrons. The molecule has 0 saturated carbocycles. The van der Waals surface area contributed by atoms with E-state index in [4.69, 9.17) is 15.5 Å². The zero-order valence-corrected chi connectivity index (χ0v) is 20.1. The Morgan fingerprint density at radius 1 is 0.943 bits per heavy atom. The number of nitrogens with two attached hydrogens (primary N) is 1. The summed E-state index contributed by atoms with van der Waals surface area (Å²) in [5.41, 5.74) is 9.18. The minimum absolute atomic E-state index is 0.157. The lowest BCUT2D eigenvalue weighted by Crippen LogP contribution is -2.11. The highest BCUT2D eigenvalue weighted by Gasteiger charge is 2.15. The summed E-state index contributed by atoms with van der Waals surface area (Å²) in [5, 5.41) is 9.50. The van der Waals surface area contributed by atoms with Crippen molar-refractivity contribution in [3.8, 4) is 26.9 Å². The highest BCUT2D eigenvalue weighted by molar-refractivity contribution is 7.23. The second-order valence-electron chi connectivity index (χ2n) is 7.45. The van der Waals surface area contributed by atoms with E-state index in [1.807, 2.05) is 78.2 Å². The van der Waals surface area contributed by atoms with Gasteiger partial charge in [-0.15, -0.1) is 11.3 Å². The highest BCUT2D eigenvalue weighted by atomic mass is 32.1. The van der Waals surface area contributed by atoms with E-state index < -0.39 is 0 Å². The zero-order valence-electron chi connectivity index (χ0n) is 18.5. The molecular weight excluding hydrogens is 478 g/mol. The van der Waals surface area contributed by atoms with Crippen molar-refractivity contribution in [2.24, 2.45) is 0 Å². The van der Waals surface area contributed by atoms with Gasteiger partial charge in [-0.05, 0) is 36.4 Å². The van der Waals surface area contributed by atoms with Gasteiger partial charge < -0.3 is 21.1 Å². The molecule has 5 aromatic rings. The molecule has 7 nitrogen and oxygen atoms in total. The molecule has 0 radical (unpaired) electrons. The van der Waals surface area contributed by atoms with Crippen LogP contribution in [0.2, 0.25) is 0 Å². The second-order valence-corrected chi connectivity index (χ2v) is 9.31. The maximum absolute atomic E-state index is 12.5. The Hall–Kier alpha value is -4.21. The average molecular weight is 500 g/mol. The van der Waals surface area contributed by atoms with Gasteiger partial charge in [-0.1, -0.05) is 59.9 Å². The van der Waals surface area contributed by atoms with Crippen LogP contribution in [0.1, 0.15) is 10.4 Å². The first kappa shape index (κ1) is 22.6. The van der Waals surface area contributed by atoms with Crippen LogP contribution in [-0.4, -0.2) is 22.6 Å². The number of benzene rings is 3. The SMILES string of the molecule is Nc1nc(NCOc2ccccc2)sc1-c1nc(-c2cccc(NC(=O)c3ccccc3)c2)cs1. The third-order valence-electron chi connectivity index (χ3n) is 5.01. The zero-order chi connectivity index (χ0) is 24.0. The number of nitrogen functional groups attached to an aromatic ring is 1. The molecule has 0 fully saturated rings. The summed E-state index contributed by atoms with van der Waals surface area (Å²) in [4.78, 5) is 22.5. The van der Waals surface area contributed by atoms with Gasteiger partial charge in [0.05, 0.1) is 5.69 Å². The Bertz CT molecular complexity index is 1430. The number of hydrogen-bond acceptors (Lipinski definition) is 8. The van der Waals surface area contributed by atoms with Crippen molar-refractivity contribution in [3.63, 3.8) is 0 Å². The molecule has 0 saturated heterocycles. The minimum atomic E-state index is -0.157. The summed E-state index contributed by atoms with van der Waals surface area (Å²) in [7, 11) is 0. The molecule has 3 aromatic carbocycles. The first-order chi connectivity index (χ1) is 17.2. The van der Waals surface area contributed by atoms with Crippen LogP contribution in [0.4, 0.5) is 16.6 Å². The Morgan fingerprint density at radius 3 is 2.51 bits per heavy atom.